The van der Waals surface area contributed by atoms with Gasteiger partial charge in [0.05, 0.1) is 12.7 Å². The Morgan fingerprint density at radius 1 is 1.22 bits per heavy atom. The fraction of sp³-hybridized carbons (Fsp3) is 0.923. The number of aliphatic hydroxyl groups excluding tert-OH is 1. The molecule has 1 aliphatic carbocycles. The Labute approximate surface area is 108 Å². The van der Waals surface area contributed by atoms with Gasteiger partial charge in [0.25, 0.3) is 0 Å². The molecule has 1 saturated heterocycles. The zero-order chi connectivity index (χ0) is 13.0. The molecule has 1 saturated carbocycles. The highest BCUT2D eigenvalue weighted by Gasteiger charge is 2.33. The van der Waals surface area contributed by atoms with Crippen molar-refractivity contribution in [1.82, 2.24) is 4.90 Å². The third-order valence-electron chi connectivity index (χ3n) is 4.05. The number of carboxylic acids is 1. The van der Waals surface area contributed by atoms with Crippen LogP contribution in [0.25, 0.3) is 0 Å². The maximum Gasteiger partial charge on any atom is 0.332 e. The van der Waals surface area contributed by atoms with Gasteiger partial charge in [-0.2, -0.15) is 0 Å². The zero-order valence-electron chi connectivity index (χ0n) is 10.8. The lowest BCUT2D eigenvalue weighted by molar-refractivity contribution is -0.149. The van der Waals surface area contributed by atoms with E-state index >= 15 is 0 Å². The van der Waals surface area contributed by atoms with Gasteiger partial charge < -0.3 is 14.9 Å². The Balaban J connectivity index is 1.83. The highest BCUT2D eigenvalue weighted by molar-refractivity contribution is 5.72. The van der Waals surface area contributed by atoms with Crippen LogP contribution >= 0.6 is 0 Å². The Morgan fingerprint density at radius 3 is 2.50 bits per heavy atom. The maximum atomic E-state index is 10.8. The fourth-order valence-corrected chi connectivity index (χ4v) is 3.10. The van der Waals surface area contributed by atoms with Crippen molar-refractivity contribution in [2.75, 3.05) is 19.7 Å². The van der Waals surface area contributed by atoms with Gasteiger partial charge in [-0.25, -0.2) is 4.79 Å². The molecule has 0 amide bonds. The van der Waals surface area contributed by atoms with Crippen LogP contribution in [0.4, 0.5) is 0 Å². The molecule has 18 heavy (non-hydrogen) atoms. The quantitative estimate of drug-likeness (QED) is 0.738. The van der Waals surface area contributed by atoms with E-state index in [0.29, 0.717) is 19.0 Å². The Morgan fingerprint density at radius 2 is 1.94 bits per heavy atom. The largest absolute Gasteiger partial charge is 0.479 e. The number of rotatable bonds is 6. The minimum Gasteiger partial charge on any atom is -0.479 e. The number of ether oxygens (including phenoxy) is 1. The highest BCUT2D eigenvalue weighted by Crippen LogP contribution is 2.26. The SMILES string of the molecule is O=C(O)C1CCC(CN(CCO)C2CCCC2)O1. The van der Waals surface area contributed by atoms with Crippen LogP contribution in [0.1, 0.15) is 38.5 Å². The lowest BCUT2D eigenvalue weighted by Crippen LogP contribution is -2.41. The van der Waals surface area contributed by atoms with E-state index in [-0.39, 0.29) is 12.7 Å². The molecule has 2 atom stereocenters. The Hall–Kier alpha value is -0.650. The molecule has 0 bridgehead atoms. The van der Waals surface area contributed by atoms with Crippen LogP contribution in [-0.2, 0) is 9.53 Å². The van der Waals surface area contributed by atoms with Gasteiger partial charge in [-0.3, -0.25) is 4.90 Å². The van der Waals surface area contributed by atoms with E-state index in [1.165, 1.54) is 25.7 Å². The molecule has 2 aliphatic rings. The van der Waals surface area contributed by atoms with Gasteiger partial charge in [-0.05, 0) is 25.7 Å². The second-order valence-electron chi connectivity index (χ2n) is 5.32. The van der Waals surface area contributed by atoms with Crippen LogP contribution in [-0.4, -0.2) is 59.0 Å². The van der Waals surface area contributed by atoms with Crippen LogP contribution in [0, 0.1) is 0 Å². The topological polar surface area (TPSA) is 70.0 Å². The number of carbonyl (C=O) groups is 1. The average molecular weight is 257 g/mol. The molecule has 0 aromatic rings. The van der Waals surface area contributed by atoms with Crippen LogP contribution in [0.3, 0.4) is 0 Å². The predicted molar refractivity (Wildman–Crippen MR) is 66.4 cm³/mol. The summed E-state index contributed by atoms with van der Waals surface area (Å²) in [5, 5.41) is 18.0. The van der Waals surface area contributed by atoms with Crippen LogP contribution < -0.4 is 0 Å². The summed E-state index contributed by atoms with van der Waals surface area (Å²) in [5.74, 6) is -0.855. The van der Waals surface area contributed by atoms with E-state index in [1.807, 2.05) is 0 Å². The number of hydrogen-bond acceptors (Lipinski definition) is 4. The van der Waals surface area contributed by atoms with E-state index in [0.717, 1.165) is 13.0 Å². The normalized spacial score (nSPS) is 29.2. The summed E-state index contributed by atoms with van der Waals surface area (Å²) in [6.45, 7) is 1.59. The Bertz CT molecular complexity index is 278. The molecule has 0 spiro atoms. The minimum absolute atomic E-state index is 0.0123. The molecule has 2 N–H and O–H groups in total. The lowest BCUT2D eigenvalue weighted by atomic mass is 10.1. The molecule has 5 heteroatoms. The summed E-state index contributed by atoms with van der Waals surface area (Å²) in [6, 6.07) is 0.546. The van der Waals surface area contributed by atoms with E-state index in [4.69, 9.17) is 14.9 Å². The van der Waals surface area contributed by atoms with Crippen molar-refractivity contribution in [3.05, 3.63) is 0 Å². The molecule has 1 heterocycles. The van der Waals surface area contributed by atoms with Crippen LogP contribution in [0.2, 0.25) is 0 Å². The molecule has 104 valence electrons. The minimum atomic E-state index is -0.855. The zero-order valence-corrected chi connectivity index (χ0v) is 10.8. The first-order valence-corrected chi connectivity index (χ1v) is 6.94. The fourth-order valence-electron chi connectivity index (χ4n) is 3.10. The standard InChI is InChI=1S/C13H23NO4/c15-8-7-14(10-3-1-2-4-10)9-11-5-6-12(18-11)13(16)17/h10-12,15H,1-9H2,(H,16,17). The smallest absolute Gasteiger partial charge is 0.332 e. The summed E-state index contributed by atoms with van der Waals surface area (Å²) in [6.07, 6.45) is 5.70. The number of nitrogens with zero attached hydrogens (tertiary/aromatic N) is 1. The molecule has 2 fully saturated rings. The van der Waals surface area contributed by atoms with Gasteiger partial charge in [-0.1, -0.05) is 12.8 Å². The monoisotopic (exact) mass is 257 g/mol. The Kier molecular flexibility index (Phi) is 4.97. The van der Waals surface area contributed by atoms with Crippen molar-refractivity contribution in [3.63, 3.8) is 0 Å². The molecular formula is C13H23NO4. The van der Waals surface area contributed by atoms with E-state index in [2.05, 4.69) is 4.90 Å². The van der Waals surface area contributed by atoms with Gasteiger partial charge in [0.15, 0.2) is 6.10 Å². The summed E-state index contributed by atoms with van der Waals surface area (Å²) >= 11 is 0. The summed E-state index contributed by atoms with van der Waals surface area (Å²) < 4.78 is 5.54. The van der Waals surface area contributed by atoms with Crippen molar-refractivity contribution < 1.29 is 19.7 Å². The van der Waals surface area contributed by atoms with Crippen LogP contribution in [0.15, 0.2) is 0 Å². The van der Waals surface area contributed by atoms with Gasteiger partial charge in [0.2, 0.25) is 0 Å². The predicted octanol–water partition coefficient (Wildman–Crippen LogP) is 0.855. The molecule has 2 unspecified atom stereocenters. The number of aliphatic hydroxyl groups is 1. The third-order valence-corrected chi connectivity index (χ3v) is 4.05. The first kappa shape index (κ1) is 13.8. The first-order valence-electron chi connectivity index (χ1n) is 6.94. The van der Waals surface area contributed by atoms with Gasteiger partial charge in [0.1, 0.15) is 0 Å². The highest BCUT2D eigenvalue weighted by atomic mass is 16.5. The summed E-state index contributed by atoms with van der Waals surface area (Å²) in [5.41, 5.74) is 0. The molecule has 2 rings (SSSR count). The van der Waals surface area contributed by atoms with Crippen molar-refractivity contribution in [2.24, 2.45) is 0 Å². The van der Waals surface area contributed by atoms with Gasteiger partial charge in [-0.15, -0.1) is 0 Å². The molecule has 0 aromatic heterocycles. The third kappa shape index (κ3) is 3.43. The molecule has 0 radical (unpaired) electrons. The van der Waals surface area contributed by atoms with Gasteiger partial charge in [0, 0.05) is 19.1 Å². The van der Waals surface area contributed by atoms with Crippen molar-refractivity contribution in [2.45, 2.75) is 56.8 Å². The number of carboxylic acid groups (broad SMARTS) is 1. The van der Waals surface area contributed by atoms with E-state index in [1.54, 1.807) is 0 Å². The summed E-state index contributed by atoms with van der Waals surface area (Å²) in [7, 11) is 0. The van der Waals surface area contributed by atoms with Crippen molar-refractivity contribution in [1.29, 1.82) is 0 Å². The molecule has 0 aromatic carbocycles. The molecule has 5 nitrogen and oxygen atoms in total. The summed E-state index contributed by atoms with van der Waals surface area (Å²) in [4.78, 5) is 13.1. The second-order valence-corrected chi connectivity index (χ2v) is 5.32. The lowest BCUT2D eigenvalue weighted by Gasteiger charge is -2.30. The van der Waals surface area contributed by atoms with Crippen LogP contribution in [0.5, 0.6) is 0 Å². The van der Waals surface area contributed by atoms with E-state index in [9.17, 15) is 4.79 Å². The van der Waals surface area contributed by atoms with Crippen molar-refractivity contribution in [3.8, 4) is 0 Å². The first-order chi connectivity index (χ1) is 8.70. The number of aliphatic carboxylic acids is 1. The van der Waals surface area contributed by atoms with E-state index < -0.39 is 12.1 Å². The average Bonchev–Trinajstić information content (AvgIpc) is 2.99. The molecular weight excluding hydrogens is 234 g/mol. The second kappa shape index (κ2) is 6.50. The van der Waals surface area contributed by atoms with Gasteiger partial charge >= 0.3 is 5.97 Å². The maximum absolute atomic E-state index is 10.8. The van der Waals surface area contributed by atoms with Crippen molar-refractivity contribution >= 4 is 5.97 Å². The number of hydrogen-bond donors (Lipinski definition) is 2. The molecule has 1 aliphatic heterocycles.